The first-order valence-corrected chi connectivity index (χ1v) is 11.7. The van der Waals surface area contributed by atoms with Crippen LogP contribution in [0.1, 0.15) is 57.9 Å². The Labute approximate surface area is 185 Å². The molecule has 4 N–H and O–H groups in total. The van der Waals surface area contributed by atoms with Crippen LogP contribution in [-0.2, 0) is 4.79 Å². The van der Waals surface area contributed by atoms with Gasteiger partial charge in [-0.05, 0) is 89.5 Å². The van der Waals surface area contributed by atoms with E-state index in [0.717, 1.165) is 19.3 Å². The summed E-state index contributed by atoms with van der Waals surface area (Å²) in [6, 6.07) is 4.27. The van der Waals surface area contributed by atoms with Crippen molar-refractivity contribution in [3.05, 3.63) is 60.2 Å². The lowest BCUT2D eigenvalue weighted by atomic mass is 9.46. The van der Waals surface area contributed by atoms with Crippen LogP contribution in [0.5, 0.6) is 0 Å². The van der Waals surface area contributed by atoms with Crippen molar-refractivity contribution in [1.29, 1.82) is 0 Å². The third-order valence-electron chi connectivity index (χ3n) is 9.15. The molecule has 5 nitrogen and oxygen atoms in total. The number of carbonyl (C=O) groups is 1. The van der Waals surface area contributed by atoms with E-state index in [1.807, 2.05) is 24.5 Å². The molecule has 0 aliphatic heterocycles. The molecule has 6 unspecified atom stereocenters. The highest BCUT2D eigenvalue weighted by Crippen LogP contribution is 2.66. The van der Waals surface area contributed by atoms with E-state index in [1.54, 1.807) is 11.2 Å². The summed E-state index contributed by atoms with van der Waals surface area (Å²) >= 11 is 0. The number of aromatic nitrogens is 1. The van der Waals surface area contributed by atoms with Gasteiger partial charge in [-0.1, -0.05) is 26.0 Å². The van der Waals surface area contributed by atoms with E-state index in [1.165, 1.54) is 35.8 Å². The number of hydrazine groups is 1. The van der Waals surface area contributed by atoms with Crippen molar-refractivity contribution in [3.8, 4) is 0 Å². The molecule has 0 amide bonds. The minimum atomic E-state index is 0.0277. The Hall–Kier alpha value is -2.40. The Balaban J connectivity index is 1.53. The van der Waals surface area contributed by atoms with Gasteiger partial charge in [-0.2, -0.15) is 0 Å². The van der Waals surface area contributed by atoms with Crippen LogP contribution < -0.4 is 11.6 Å². The molecular formula is C26H34N4O. The molecule has 6 atom stereocenters. The summed E-state index contributed by atoms with van der Waals surface area (Å²) < 4.78 is 0. The Kier molecular flexibility index (Phi) is 4.85. The summed E-state index contributed by atoms with van der Waals surface area (Å²) in [4.78, 5) is 16.8. The van der Waals surface area contributed by atoms with Crippen LogP contribution in [-0.4, -0.2) is 21.8 Å². The zero-order valence-electron chi connectivity index (χ0n) is 18.6. The Bertz CT molecular complexity index is 967. The maximum atomic E-state index is 12.4. The number of nitrogens with zero attached hydrogens (tertiary/aromatic N) is 2. The number of fused-ring (bicyclic) bond motifs is 5. The second-order valence-electron chi connectivity index (χ2n) is 10.5. The Morgan fingerprint density at radius 3 is 2.81 bits per heavy atom. The number of rotatable bonds is 3. The van der Waals surface area contributed by atoms with E-state index in [9.17, 15) is 4.79 Å². The van der Waals surface area contributed by atoms with Gasteiger partial charge in [0.25, 0.3) is 0 Å². The molecule has 0 radical (unpaired) electrons. The molecule has 2 fully saturated rings. The summed E-state index contributed by atoms with van der Waals surface area (Å²) in [7, 11) is 0. The van der Waals surface area contributed by atoms with Gasteiger partial charge in [0.2, 0.25) is 0 Å². The number of allylic oxidation sites excluding steroid dienone is 3. The molecule has 5 heteroatoms. The molecule has 4 aliphatic carbocycles. The van der Waals surface area contributed by atoms with Crippen molar-refractivity contribution >= 4 is 11.4 Å². The second kappa shape index (κ2) is 7.33. The molecule has 0 aromatic carbocycles. The molecule has 1 heterocycles. The van der Waals surface area contributed by atoms with Crippen molar-refractivity contribution in [2.45, 2.75) is 58.4 Å². The fourth-order valence-electron chi connectivity index (χ4n) is 7.63. The monoisotopic (exact) mass is 418 g/mol. The quantitative estimate of drug-likeness (QED) is 0.568. The maximum Gasteiger partial charge on any atom is 0.155 e. The van der Waals surface area contributed by atoms with Crippen LogP contribution in [0.25, 0.3) is 5.57 Å². The van der Waals surface area contributed by atoms with Gasteiger partial charge in [-0.25, -0.2) is 5.84 Å². The summed E-state index contributed by atoms with van der Waals surface area (Å²) in [6.45, 7) is 4.86. The van der Waals surface area contributed by atoms with Gasteiger partial charge in [0.15, 0.2) is 5.78 Å². The van der Waals surface area contributed by atoms with E-state index >= 15 is 0 Å². The average Bonchev–Trinajstić information content (AvgIpc) is 3.12. The van der Waals surface area contributed by atoms with Gasteiger partial charge in [0.05, 0.1) is 6.04 Å². The highest BCUT2D eigenvalue weighted by molar-refractivity contribution is 5.92. The molecule has 0 saturated heterocycles. The molecule has 1 aromatic rings. The van der Waals surface area contributed by atoms with Crippen molar-refractivity contribution in [2.75, 3.05) is 0 Å². The van der Waals surface area contributed by atoms with Crippen molar-refractivity contribution < 1.29 is 4.79 Å². The standard InChI is InChI=1S/C26H34N4O/c1-25-10-8-22-19(21(25)6-5-20(25)17-4-3-12-29-16-17)15-24(30(28)13-11-27)23-14-18(31)7-9-26(22,23)2/h3-5,11-14,16,19,21-22,24H,6-10,15,27-28H2,1-2H3/b13-11-. The van der Waals surface area contributed by atoms with Gasteiger partial charge >= 0.3 is 0 Å². The van der Waals surface area contributed by atoms with Crippen LogP contribution >= 0.6 is 0 Å². The first kappa shape index (κ1) is 20.5. The summed E-state index contributed by atoms with van der Waals surface area (Å²) in [6.07, 6.45) is 17.5. The summed E-state index contributed by atoms with van der Waals surface area (Å²) in [5.41, 5.74) is 9.84. The molecule has 0 bridgehead atoms. The van der Waals surface area contributed by atoms with Crippen LogP contribution in [0.3, 0.4) is 0 Å². The molecule has 164 valence electrons. The van der Waals surface area contributed by atoms with Crippen LogP contribution in [0.2, 0.25) is 0 Å². The number of ketones is 1. The molecule has 4 aliphatic rings. The number of hydrogen-bond acceptors (Lipinski definition) is 5. The number of hydrogen-bond donors (Lipinski definition) is 2. The van der Waals surface area contributed by atoms with Crippen LogP contribution in [0, 0.1) is 28.6 Å². The first-order chi connectivity index (χ1) is 14.9. The lowest BCUT2D eigenvalue weighted by Gasteiger charge is -2.60. The van der Waals surface area contributed by atoms with E-state index in [4.69, 9.17) is 11.6 Å². The fourth-order valence-corrected chi connectivity index (χ4v) is 7.63. The Morgan fingerprint density at radius 1 is 1.23 bits per heavy atom. The minimum Gasteiger partial charge on any atom is -0.403 e. The fraction of sp³-hybridized carbons (Fsp3) is 0.538. The van der Waals surface area contributed by atoms with Gasteiger partial charge in [0.1, 0.15) is 0 Å². The zero-order valence-corrected chi connectivity index (χ0v) is 18.6. The number of carbonyl (C=O) groups excluding carboxylic acids is 1. The predicted molar refractivity (Wildman–Crippen MR) is 123 cm³/mol. The molecule has 0 spiro atoms. The van der Waals surface area contributed by atoms with Crippen molar-refractivity contribution in [1.82, 2.24) is 9.99 Å². The topological polar surface area (TPSA) is 85.2 Å². The van der Waals surface area contributed by atoms with Gasteiger partial charge < -0.3 is 10.7 Å². The second-order valence-corrected chi connectivity index (χ2v) is 10.5. The average molecular weight is 419 g/mol. The molecule has 2 saturated carbocycles. The largest absolute Gasteiger partial charge is 0.403 e. The number of pyridine rings is 1. The van der Waals surface area contributed by atoms with E-state index in [0.29, 0.717) is 24.2 Å². The highest BCUT2D eigenvalue weighted by Gasteiger charge is 2.59. The molecule has 5 rings (SSSR count). The van der Waals surface area contributed by atoms with Gasteiger partial charge in [0, 0.05) is 31.2 Å². The van der Waals surface area contributed by atoms with E-state index in [2.05, 4.69) is 31.0 Å². The lowest BCUT2D eigenvalue weighted by Crippen LogP contribution is -2.57. The summed E-state index contributed by atoms with van der Waals surface area (Å²) in [5, 5.41) is 1.75. The van der Waals surface area contributed by atoms with E-state index < -0.39 is 0 Å². The summed E-state index contributed by atoms with van der Waals surface area (Å²) in [5.74, 6) is 8.47. The number of nitrogens with two attached hydrogens (primary N) is 2. The minimum absolute atomic E-state index is 0.0277. The van der Waals surface area contributed by atoms with Crippen LogP contribution in [0.4, 0.5) is 0 Å². The molecule has 31 heavy (non-hydrogen) atoms. The SMILES string of the molecule is CC12CCC3C(CC(N(N)/C=C\N)C4=CC(=O)CCC43C)C1CC=C2c1cccnc1. The van der Waals surface area contributed by atoms with Crippen LogP contribution in [0.15, 0.2) is 54.7 Å². The van der Waals surface area contributed by atoms with E-state index in [-0.39, 0.29) is 22.7 Å². The third kappa shape index (κ3) is 3.00. The zero-order chi connectivity index (χ0) is 21.8. The van der Waals surface area contributed by atoms with Crippen molar-refractivity contribution in [2.24, 2.45) is 40.2 Å². The maximum absolute atomic E-state index is 12.4. The first-order valence-electron chi connectivity index (χ1n) is 11.7. The molecule has 1 aromatic heterocycles. The van der Waals surface area contributed by atoms with Gasteiger partial charge in [-0.15, -0.1) is 0 Å². The third-order valence-corrected chi connectivity index (χ3v) is 9.15. The normalized spacial score (nSPS) is 39.4. The van der Waals surface area contributed by atoms with Crippen molar-refractivity contribution in [3.63, 3.8) is 0 Å². The van der Waals surface area contributed by atoms with Gasteiger partial charge in [-0.3, -0.25) is 9.78 Å². The lowest BCUT2D eigenvalue weighted by molar-refractivity contribution is -0.117. The predicted octanol–water partition coefficient (Wildman–Crippen LogP) is 4.19. The Morgan fingerprint density at radius 2 is 2.06 bits per heavy atom. The molecular weight excluding hydrogens is 384 g/mol. The smallest absolute Gasteiger partial charge is 0.155 e. The highest BCUT2D eigenvalue weighted by atomic mass is 16.1.